The van der Waals surface area contributed by atoms with Crippen molar-refractivity contribution < 1.29 is 19.2 Å². The first-order valence-corrected chi connectivity index (χ1v) is 10.8. The number of benzene rings is 2. The van der Waals surface area contributed by atoms with Crippen LogP contribution in [-0.4, -0.2) is 53.4 Å². The van der Waals surface area contributed by atoms with Crippen LogP contribution in [0.15, 0.2) is 48.5 Å². The zero-order valence-corrected chi connectivity index (χ0v) is 18.4. The smallest absolute Gasteiger partial charge is 0.220 e. The standard InChI is InChI=1S/C23H28N6O3/c1-31-18-8-9-20(32-2)19(14-18)21(28-12-10-17(11-13-28)22(24)30)23-25-26-27-29(23)15-16-6-4-3-5-7-16/h3-9,14,17,21H,10-13,15H2,1-2H3,(H2,24,30)/p+1/t21-/m0/s1. The molecule has 0 bridgehead atoms. The fraction of sp³-hybridized carbons (Fsp3) is 0.391. The number of quaternary nitrogens is 1. The molecule has 4 rings (SSSR count). The van der Waals surface area contributed by atoms with Crippen molar-refractivity contribution in [3.05, 3.63) is 65.5 Å². The molecule has 0 spiro atoms. The van der Waals surface area contributed by atoms with Crippen molar-refractivity contribution in [2.24, 2.45) is 11.7 Å². The average Bonchev–Trinajstić information content (AvgIpc) is 3.27. The lowest BCUT2D eigenvalue weighted by Gasteiger charge is -2.34. The van der Waals surface area contributed by atoms with Gasteiger partial charge in [0, 0.05) is 18.8 Å². The number of carbonyl (C=O) groups excluding carboxylic acids is 1. The van der Waals surface area contributed by atoms with Crippen LogP contribution in [0.3, 0.4) is 0 Å². The van der Waals surface area contributed by atoms with Gasteiger partial charge in [0.2, 0.25) is 11.7 Å². The zero-order chi connectivity index (χ0) is 22.5. The molecule has 0 unspecified atom stereocenters. The summed E-state index contributed by atoms with van der Waals surface area (Å²) in [7, 11) is 3.30. The molecule has 9 heteroatoms. The fourth-order valence-corrected chi connectivity index (χ4v) is 4.46. The van der Waals surface area contributed by atoms with Crippen LogP contribution in [-0.2, 0) is 11.3 Å². The van der Waals surface area contributed by atoms with Gasteiger partial charge in [0.15, 0.2) is 6.04 Å². The molecule has 168 valence electrons. The highest BCUT2D eigenvalue weighted by atomic mass is 16.5. The zero-order valence-electron chi connectivity index (χ0n) is 18.4. The SMILES string of the molecule is COc1ccc(OC)c([C@@H](c2nnnn2Cc2ccccc2)[NH+]2CCC(C(N)=O)CC2)c1. The molecule has 1 aliphatic heterocycles. The van der Waals surface area contributed by atoms with E-state index in [9.17, 15) is 4.79 Å². The lowest BCUT2D eigenvalue weighted by molar-refractivity contribution is -0.931. The van der Waals surface area contributed by atoms with Gasteiger partial charge in [-0.15, -0.1) is 5.10 Å². The molecular formula is C23H29N6O3+. The molecule has 9 nitrogen and oxygen atoms in total. The Kier molecular flexibility index (Phi) is 6.65. The van der Waals surface area contributed by atoms with E-state index in [4.69, 9.17) is 15.2 Å². The second kappa shape index (κ2) is 9.78. The van der Waals surface area contributed by atoms with Gasteiger partial charge in [0.1, 0.15) is 11.5 Å². The monoisotopic (exact) mass is 437 g/mol. The summed E-state index contributed by atoms with van der Waals surface area (Å²) in [6.45, 7) is 2.11. The largest absolute Gasteiger partial charge is 0.497 e. The van der Waals surface area contributed by atoms with Crippen LogP contribution in [0.4, 0.5) is 0 Å². The van der Waals surface area contributed by atoms with Gasteiger partial charge < -0.3 is 20.1 Å². The average molecular weight is 438 g/mol. The van der Waals surface area contributed by atoms with Gasteiger partial charge in [-0.2, -0.15) is 0 Å². The van der Waals surface area contributed by atoms with Crippen LogP contribution in [0.1, 0.15) is 35.8 Å². The van der Waals surface area contributed by atoms with Crippen molar-refractivity contribution in [1.29, 1.82) is 0 Å². The number of amides is 1. The minimum atomic E-state index is -0.228. The van der Waals surface area contributed by atoms with Crippen molar-refractivity contribution in [3.63, 3.8) is 0 Å². The molecule has 1 saturated heterocycles. The summed E-state index contributed by atoms with van der Waals surface area (Å²) in [6.07, 6.45) is 1.46. The van der Waals surface area contributed by atoms with E-state index in [1.807, 2.05) is 41.1 Å². The Labute approximate surface area is 187 Å². The van der Waals surface area contributed by atoms with Crippen LogP contribution in [0, 0.1) is 5.92 Å². The number of hydrogen-bond donors (Lipinski definition) is 2. The number of nitrogens with zero attached hydrogens (tertiary/aromatic N) is 4. The van der Waals surface area contributed by atoms with E-state index in [0.29, 0.717) is 6.54 Å². The number of likely N-dealkylation sites (tertiary alicyclic amines) is 1. The molecule has 1 amide bonds. The highest BCUT2D eigenvalue weighted by Crippen LogP contribution is 2.31. The van der Waals surface area contributed by atoms with Gasteiger partial charge in [-0.1, -0.05) is 30.3 Å². The number of nitrogens with one attached hydrogen (secondary N) is 1. The summed E-state index contributed by atoms with van der Waals surface area (Å²) in [6, 6.07) is 15.7. The van der Waals surface area contributed by atoms with Crippen molar-refractivity contribution >= 4 is 5.91 Å². The Hall–Kier alpha value is -3.46. The Morgan fingerprint density at radius 3 is 2.56 bits per heavy atom. The molecule has 0 saturated carbocycles. The quantitative estimate of drug-likeness (QED) is 0.534. The number of carbonyl (C=O) groups is 1. The number of hydrogen-bond acceptors (Lipinski definition) is 6. The lowest BCUT2D eigenvalue weighted by atomic mass is 9.93. The number of aromatic nitrogens is 4. The molecule has 0 radical (unpaired) electrons. The summed E-state index contributed by atoms with van der Waals surface area (Å²) in [5.41, 5.74) is 7.63. The van der Waals surface area contributed by atoms with Crippen molar-refractivity contribution in [2.75, 3.05) is 27.3 Å². The molecule has 0 aliphatic carbocycles. The van der Waals surface area contributed by atoms with Gasteiger partial charge in [-0.25, -0.2) is 4.68 Å². The van der Waals surface area contributed by atoms with Crippen LogP contribution in [0.2, 0.25) is 0 Å². The second-order valence-electron chi connectivity index (χ2n) is 8.06. The molecule has 2 aromatic carbocycles. The number of methoxy groups -OCH3 is 2. The summed E-state index contributed by atoms with van der Waals surface area (Å²) in [5.74, 6) is 1.90. The maximum atomic E-state index is 11.7. The maximum Gasteiger partial charge on any atom is 0.220 e. The molecular weight excluding hydrogens is 408 g/mol. The van der Waals surface area contributed by atoms with Crippen LogP contribution in [0.25, 0.3) is 0 Å². The molecule has 32 heavy (non-hydrogen) atoms. The van der Waals surface area contributed by atoms with E-state index in [2.05, 4.69) is 27.7 Å². The number of nitrogens with two attached hydrogens (primary N) is 1. The molecule has 1 atom stereocenters. The van der Waals surface area contributed by atoms with Gasteiger partial charge in [0.05, 0.1) is 39.4 Å². The molecule has 3 N–H and O–H groups in total. The number of tetrazole rings is 1. The summed E-state index contributed by atoms with van der Waals surface area (Å²) >= 11 is 0. The molecule has 1 fully saturated rings. The predicted molar refractivity (Wildman–Crippen MR) is 117 cm³/mol. The normalized spacial score (nSPS) is 19.3. The summed E-state index contributed by atoms with van der Waals surface area (Å²) in [4.78, 5) is 13.0. The molecule has 3 aromatic rings. The molecule has 1 aliphatic rings. The molecule has 2 heterocycles. The third-order valence-electron chi connectivity index (χ3n) is 6.18. The summed E-state index contributed by atoms with van der Waals surface area (Å²) < 4.78 is 13.0. The minimum Gasteiger partial charge on any atom is -0.497 e. The second-order valence-corrected chi connectivity index (χ2v) is 8.06. The Bertz CT molecular complexity index is 1050. The Balaban J connectivity index is 1.75. The topological polar surface area (TPSA) is 110 Å². The van der Waals surface area contributed by atoms with Crippen LogP contribution >= 0.6 is 0 Å². The van der Waals surface area contributed by atoms with Gasteiger partial charge in [-0.05, 0) is 34.2 Å². The van der Waals surface area contributed by atoms with Gasteiger partial charge >= 0.3 is 0 Å². The Morgan fingerprint density at radius 2 is 1.91 bits per heavy atom. The van der Waals surface area contributed by atoms with Crippen molar-refractivity contribution in [2.45, 2.75) is 25.4 Å². The predicted octanol–water partition coefficient (Wildman–Crippen LogP) is 0.608. The van der Waals surface area contributed by atoms with E-state index in [-0.39, 0.29) is 17.9 Å². The first-order chi connectivity index (χ1) is 15.6. The molecule has 1 aromatic heterocycles. The number of rotatable bonds is 8. The number of piperidine rings is 1. The van der Waals surface area contributed by atoms with Crippen LogP contribution < -0.4 is 20.1 Å². The van der Waals surface area contributed by atoms with Crippen molar-refractivity contribution in [3.8, 4) is 11.5 Å². The number of ether oxygens (including phenoxy) is 2. The minimum absolute atomic E-state index is 0.0908. The number of primary amides is 1. The highest BCUT2D eigenvalue weighted by Gasteiger charge is 2.37. The van der Waals surface area contributed by atoms with E-state index in [1.54, 1.807) is 14.2 Å². The van der Waals surface area contributed by atoms with Gasteiger partial charge in [0.25, 0.3) is 0 Å². The van der Waals surface area contributed by atoms with E-state index in [1.165, 1.54) is 4.90 Å². The van der Waals surface area contributed by atoms with E-state index >= 15 is 0 Å². The summed E-state index contributed by atoms with van der Waals surface area (Å²) in [5, 5.41) is 12.7. The van der Waals surface area contributed by atoms with Crippen LogP contribution in [0.5, 0.6) is 11.5 Å². The third kappa shape index (κ3) is 4.57. The third-order valence-corrected chi connectivity index (χ3v) is 6.18. The first kappa shape index (κ1) is 21.8. The van der Waals surface area contributed by atoms with E-state index < -0.39 is 0 Å². The van der Waals surface area contributed by atoms with E-state index in [0.717, 1.165) is 54.4 Å². The first-order valence-electron chi connectivity index (χ1n) is 10.8. The fourth-order valence-electron chi connectivity index (χ4n) is 4.46. The van der Waals surface area contributed by atoms with Gasteiger partial charge in [-0.3, -0.25) is 4.79 Å². The van der Waals surface area contributed by atoms with Crippen molar-refractivity contribution in [1.82, 2.24) is 20.2 Å². The highest BCUT2D eigenvalue weighted by molar-refractivity contribution is 5.76. The Morgan fingerprint density at radius 1 is 1.16 bits per heavy atom. The maximum absolute atomic E-state index is 11.7. The lowest BCUT2D eigenvalue weighted by Crippen LogP contribution is -3.13.